The molecule has 0 unspecified atom stereocenters. The summed E-state index contributed by atoms with van der Waals surface area (Å²) in [6.07, 6.45) is 0. The summed E-state index contributed by atoms with van der Waals surface area (Å²) in [5.41, 5.74) is 4.11. The van der Waals surface area contributed by atoms with Crippen molar-refractivity contribution in [1.82, 2.24) is 9.78 Å². The smallest absolute Gasteiger partial charge is 0.103 e. The number of hydrogen-bond donors (Lipinski definition) is 0. The van der Waals surface area contributed by atoms with Crippen LogP contribution in [0.1, 0.15) is 22.5 Å². The molecule has 3 nitrogen and oxygen atoms in total. The van der Waals surface area contributed by atoms with E-state index in [0.717, 1.165) is 16.9 Å². The van der Waals surface area contributed by atoms with Crippen molar-refractivity contribution in [3.63, 3.8) is 0 Å². The van der Waals surface area contributed by atoms with Gasteiger partial charge in [-0.3, -0.25) is 0 Å². The zero-order valence-electron chi connectivity index (χ0n) is 9.74. The van der Waals surface area contributed by atoms with Gasteiger partial charge in [0.15, 0.2) is 0 Å². The Balaban J connectivity index is 2.69. The molecule has 86 valence electrons. The highest BCUT2D eigenvalue weighted by molar-refractivity contribution is 6.17. The number of para-hydroxylation sites is 1. The Morgan fingerprint density at radius 3 is 2.65 bits per heavy atom. The molecule has 2 rings (SSSR count). The molecule has 2 aromatic rings. The van der Waals surface area contributed by atoms with Gasteiger partial charge in [0.1, 0.15) is 6.07 Å². The molecule has 1 aromatic carbocycles. The minimum Gasteiger partial charge on any atom is -0.235 e. The van der Waals surface area contributed by atoms with E-state index < -0.39 is 0 Å². The monoisotopic (exact) mass is 245 g/mol. The van der Waals surface area contributed by atoms with Crippen molar-refractivity contribution in [2.45, 2.75) is 19.7 Å². The van der Waals surface area contributed by atoms with Crippen molar-refractivity contribution in [2.24, 2.45) is 0 Å². The summed E-state index contributed by atoms with van der Waals surface area (Å²) in [5.74, 6) is 0.276. The number of rotatable bonds is 2. The highest BCUT2D eigenvalue weighted by atomic mass is 35.5. The Bertz CT molecular complexity index is 593. The largest absolute Gasteiger partial charge is 0.235 e. The van der Waals surface area contributed by atoms with Gasteiger partial charge in [0.05, 0.1) is 28.5 Å². The number of alkyl halides is 1. The van der Waals surface area contributed by atoms with Gasteiger partial charge in [-0.25, -0.2) is 4.68 Å². The van der Waals surface area contributed by atoms with Crippen molar-refractivity contribution < 1.29 is 0 Å². The van der Waals surface area contributed by atoms with Gasteiger partial charge < -0.3 is 0 Å². The van der Waals surface area contributed by atoms with Gasteiger partial charge in [-0.1, -0.05) is 18.2 Å². The first kappa shape index (κ1) is 11.7. The second kappa shape index (κ2) is 4.60. The third kappa shape index (κ3) is 1.92. The molecule has 0 aliphatic rings. The summed E-state index contributed by atoms with van der Waals surface area (Å²) in [5, 5.41) is 13.5. The number of nitrogens with zero attached hydrogens (tertiary/aromatic N) is 3. The number of benzene rings is 1. The summed E-state index contributed by atoms with van der Waals surface area (Å²) >= 11 is 5.92. The molecule has 0 amide bonds. The van der Waals surface area contributed by atoms with Gasteiger partial charge in [0.25, 0.3) is 0 Å². The Labute approximate surface area is 105 Å². The lowest BCUT2D eigenvalue weighted by Crippen LogP contribution is -2.03. The molecule has 1 aromatic heterocycles. The molecule has 0 atom stereocenters. The fourth-order valence-electron chi connectivity index (χ4n) is 1.84. The molecule has 17 heavy (non-hydrogen) atoms. The Morgan fingerprint density at radius 1 is 1.35 bits per heavy atom. The van der Waals surface area contributed by atoms with Crippen LogP contribution in [-0.2, 0) is 5.88 Å². The van der Waals surface area contributed by atoms with Crippen LogP contribution in [-0.4, -0.2) is 9.78 Å². The second-order valence-electron chi connectivity index (χ2n) is 3.85. The lowest BCUT2D eigenvalue weighted by atomic mass is 10.2. The normalized spacial score (nSPS) is 10.2. The number of aryl methyl sites for hydroxylation is 2. The lowest BCUT2D eigenvalue weighted by molar-refractivity contribution is 0.821. The van der Waals surface area contributed by atoms with Crippen LogP contribution in [0.15, 0.2) is 24.3 Å². The topological polar surface area (TPSA) is 41.6 Å². The number of nitriles is 1. The van der Waals surface area contributed by atoms with Gasteiger partial charge in [0.2, 0.25) is 0 Å². The van der Waals surface area contributed by atoms with Gasteiger partial charge in [-0.15, -0.1) is 11.6 Å². The van der Waals surface area contributed by atoms with Gasteiger partial charge in [-0.05, 0) is 25.5 Å². The van der Waals surface area contributed by atoms with E-state index >= 15 is 0 Å². The average Bonchev–Trinajstić information content (AvgIpc) is 2.65. The molecule has 4 heteroatoms. The van der Waals surface area contributed by atoms with Crippen molar-refractivity contribution in [2.75, 3.05) is 0 Å². The zero-order valence-corrected chi connectivity index (χ0v) is 10.5. The molecule has 0 fully saturated rings. The van der Waals surface area contributed by atoms with Gasteiger partial charge >= 0.3 is 0 Å². The second-order valence-corrected chi connectivity index (χ2v) is 4.12. The van der Waals surface area contributed by atoms with Crippen molar-refractivity contribution in [3.05, 3.63) is 46.8 Å². The molecule has 0 radical (unpaired) electrons. The Hall–Kier alpha value is -1.79. The minimum absolute atomic E-state index is 0.276. The quantitative estimate of drug-likeness (QED) is 0.763. The molecular weight excluding hydrogens is 234 g/mol. The highest BCUT2D eigenvalue weighted by Gasteiger charge is 2.15. The van der Waals surface area contributed by atoms with Crippen LogP contribution in [0.25, 0.3) is 5.69 Å². The molecule has 0 bridgehead atoms. The average molecular weight is 246 g/mol. The summed E-state index contributed by atoms with van der Waals surface area (Å²) in [6, 6.07) is 10.1. The van der Waals surface area contributed by atoms with Crippen LogP contribution in [0.2, 0.25) is 0 Å². The fourth-order valence-corrected chi connectivity index (χ4v) is 2.09. The summed E-state index contributed by atoms with van der Waals surface area (Å²) < 4.78 is 1.76. The van der Waals surface area contributed by atoms with Crippen molar-refractivity contribution >= 4 is 11.6 Å². The molecule has 0 saturated carbocycles. The van der Waals surface area contributed by atoms with E-state index in [9.17, 15) is 0 Å². The maximum Gasteiger partial charge on any atom is 0.103 e. The first-order valence-corrected chi connectivity index (χ1v) is 5.83. The Kier molecular flexibility index (Phi) is 3.16. The minimum atomic E-state index is 0.276. The summed E-state index contributed by atoms with van der Waals surface area (Å²) in [7, 11) is 0. The van der Waals surface area contributed by atoms with Gasteiger partial charge in [-0.2, -0.15) is 10.4 Å². The zero-order chi connectivity index (χ0) is 12.4. The molecule has 1 heterocycles. The molecular formula is C13H12ClN3. The van der Waals surface area contributed by atoms with Crippen molar-refractivity contribution in [1.29, 1.82) is 5.26 Å². The summed E-state index contributed by atoms with van der Waals surface area (Å²) in [6.45, 7) is 3.83. The number of aromatic nitrogens is 2. The van der Waals surface area contributed by atoms with E-state index in [1.807, 2.05) is 38.1 Å². The fraction of sp³-hybridized carbons (Fsp3) is 0.231. The predicted molar refractivity (Wildman–Crippen MR) is 67.3 cm³/mol. The van der Waals surface area contributed by atoms with E-state index in [0.29, 0.717) is 11.3 Å². The van der Waals surface area contributed by atoms with E-state index in [1.165, 1.54) is 0 Å². The SMILES string of the molecule is Cc1ccccc1-n1nc(C)c(C#N)c1CCl. The predicted octanol–water partition coefficient (Wildman–Crippen LogP) is 3.10. The van der Waals surface area contributed by atoms with Crippen LogP contribution in [0.4, 0.5) is 0 Å². The maximum atomic E-state index is 9.10. The third-order valence-electron chi connectivity index (χ3n) is 2.74. The first-order valence-electron chi connectivity index (χ1n) is 5.29. The number of hydrogen-bond acceptors (Lipinski definition) is 2. The van der Waals surface area contributed by atoms with Crippen LogP contribution < -0.4 is 0 Å². The van der Waals surface area contributed by atoms with Crippen LogP contribution in [0.5, 0.6) is 0 Å². The molecule has 0 aliphatic heterocycles. The highest BCUT2D eigenvalue weighted by Crippen LogP contribution is 2.21. The summed E-state index contributed by atoms with van der Waals surface area (Å²) in [4.78, 5) is 0. The maximum absolute atomic E-state index is 9.10. The van der Waals surface area contributed by atoms with Crippen LogP contribution in [0, 0.1) is 25.2 Å². The molecule has 0 spiro atoms. The van der Waals surface area contributed by atoms with Gasteiger partial charge in [0, 0.05) is 0 Å². The van der Waals surface area contributed by atoms with Crippen LogP contribution >= 0.6 is 11.6 Å². The standard InChI is InChI=1S/C13H12ClN3/c1-9-5-3-4-6-12(9)17-13(7-14)11(8-15)10(2)16-17/h3-6H,7H2,1-2H3. The van der Waals surface area contributed by atoms with E-state index in [-0.39, 0.29) is 5.88 Å². The molecule has 0 aliphatic carbocycles. The van der Waals surface area contributed by atoms with Crippen molar-refractivity contribution in [3.8, 4) is 11.8 Å². The lowest BCUT2D eigenvalue weighted by Gasteiger charge is -2.08. The third-order valence-corrected chi connectivity index (χ3v) is 2.99. The number of halogens is 1. The van der Waals surface area contributed by atoms with E-state index in [2.05, 4.69) is 11.2 Å². The van der Waals surface area contributed by atoms with Crippen LogP contribution in [0.3, 0.4) is 0 Å². The van der Waals surface area contributed by atoms with E-state index in [1.54, 1.807) is 4.68 Å². The first-order chi connectivity index (χ1) is 8.19. The molecule has 0 saturated heterocycles. The Morgan fingerprint density at radius 2 is 2.06 bits per heavy atom. The molecule has 0 N–H and O–H groups in total. The van der Waals surface area contributed by atoms with E-state index in [4.69, 9.17) is 16.9 Å².